The summed E-state index contributed by atoms with van der Waals surface area (Å²) < 4.78 is 5.81. The van der Waals surface area contributed by atoms with E-state index in [1.807, 2.05) is 49.6 Å². The summed E-state index contributed by atoms with van der Waals surface area (Å²) in [5, 5.41) is 3.67. The average Bonchev–Trinajstić information content (AvgIpc) is 3.10. The number of oxazole rings is 1. The van der Waals surface area contributed by atoms with Crippen LogP contribution in [0.5, 0.6) is 0 Å². The predicted molar refractivity (Wildman–Crippen MR) is 123 cm³/mol. The van der Waals surface area contributed by atoms with E-state index in [0.717, 1.165) is 34.0 Å². The van der Waals surface area contributed by atoms with Gasteiger partial charge in [-0.3, -0.25) is 4.79 Å². The summed E-state index contributed by atoms with van der Waals surface area (Å²) in [6.45, 7) is 2.52. The smallest absolute Gasteiger partial charge is 0.230 e. The highest BCUT2D eigenvalue weighted by atomic mass is 35.5. The number of nitrogens with zero attached hydrogens (tertiary/aromatic N) is 1. The molecule has 0 saturated carbocycles. The third kappa shape index (κ3) is 6.56. The van der Waals surface area contributed by atoms with Crippen LogP contribution in [-0.2, 0) is 17.0 Å². The van der Waals surface area contributed by atoms with Gasteiger partial charge in [0.15, 0.2) is 0 Å². The molecule has 0 unspecified atom stereocenters. The highest BCUT2D eigenvalue weighted by Gasteiger charge is 2.12. The van der Waals surface area contributed by atoms with Crippen LogP contribution in [0.25, 0.3) is 11.5 Å². The zero-order valence-corrected chi connectivity index (χ0v) is 18.8. The van der Waals surface area contributed by atoms with Gasteiger partial charge in [-0.2, -0.15) is 0 Å². The number of thioether (sulfide) groups is 2. The highest BCUT2D eigenvalue weighted by molar-refractivity contribution is 7.99. The van der Waals surface area contributed by atoms with Gasteiger partial charge in [-0.1, -0.05) is 23.7 Å². The maximum atomic E-state index is 12.1. The predicted octanol–water partition coefficient (Wildman–Crippen LogP) is 5.62. The number of amides is 1. The van der Waals surface area contributed by atoms with Crippen molar-refractivity contribution in [3.8, 4) is 11.5 Å². The number of hydrogen-bond donors (Lipinski definition) is 1. The normalized spacial score (nSPS) is 10.9. The van der Waals surface area contributed by atoms with Crippen molar-refractivity contribution in [1.29, 1.82) is 0 Å². The zero-order valence-electron chi connectivity index (χ0n) is 16.4. The van der Waals surface area contributed by atoms with E-state index in [1.54, 1.807) is 11.8 Å². The Hall–Kier alpha value is -1.89. The first-order valence-electron chi connectivity index (χ1n) is 9.25. The SMILES string of the molecule is CSc1ccc(-c2nc(CSCC(=O)NCCc3ccc(Cl)cc3)c(C)o2)cc1. The van der Waals surface area contributed by atoms with Gasteiger partial charge in [0, 0.05) is 27.8 Å². The lowest BCUT2D eigenvalue weighted by Crippen LogP contribution is -2.27. The Bertz CT molecular complexity index is 940. The number of aromatic nitrogens is 1. The topological polar surface area (TPSA) is 55.1 Å². The standard InChI is InChI=1S/C22H23ClN2O2S2/c1-15-20(25-22(27-15)17-5-9-19(28-2)10-6-17)13-29-14-21(26)24-12-11-16-3-7-18(23)8-4-16/h3-10H,11-14H2,1-2H3,(H,24,26). The summed E-state index contributed by atoms with van der Waals surface area (Å²) in [5.74, 6) is 2.48. The van der Waals surface area contributed by atoms with Crippen molar-refractivity contribution in [1.82, 2.24) is 10.3 Å². The third-order valence-corrected chi connectivity index (χ3v) is 6.29. The molecule has 0 fully saturated rings. The zero-order chi connectivity index (χ0) is 20.6. The van der Waals surface area contributed by atoms with Crippen molar-refractivity contribution in [2.24, 2.45) is 0 Å². The lowest BCUT2D eigenvalue weighted by Gasteiger charge is -2.05. The maximum absolute atomic E-state index is 12.1. The molecule has 3 rings (SSSR count). The fourth-order valence-corrected chi connectivity index (χ4v) is 4.09. The molecule has 1 heterocycles. The molecule has 0 aliphatic carbocycles. The number of rotatable bonds is 9. The van der Waals surface area contributed by atoms with Crippen LogP contribution in [-0.4, -0.2) is 29.4 Å². The van der Waals surface area contributed by atoms with Crippen LogP contribution in [0.15, 0.2) is 57.8 Å². The highest BCUT2D eigenvalue weighted by Crippen LogP contribution is 2.26. The molecule has 4 nitrogen and oxygen atoms in total. The fourth-order valence-electron chi connectivity index (χ4n) is 2.71. The molecule has 152 valence electrons. The first-order valence-corrected chi connectivity index (χ1v) is 12.0. The summed E-state index contributed by atoms with van der Waals surface area (Å²) in [5.41, 5.74) is 2.99. The van der Waals surface area contributed by atoms with Crippen molar-refractivity contribution in [2.75, 3.05) is 18.6 Å². The summed E-state index contributed by atoms with van der Waals surface area (Å²) in [7, 11) is 0. The second-order valence-corrected chi connectivity index (χ2v) is 8.77. The van der Waals surface area contributed by atoms with Crippen LogP contribution in [0, 0.1) is 6.92 Å². The first kappa shape index (κ1) is 21.8. The molecule has 7 heteroatoms. The molecular formula is C22H23ClN2O2S2. The summed E-state index contributed by atoms with van der Waals surface area (Å²) in [6.07, 6.45) is 2.84. The molecular weight excluding hydrogens is 424 g/mol. The minimum absolute atomic E-state index is 0.0259. The summed E-state index contributed by atoms with van der Waals surface area (Å²) in [6, 6.07) is 15.8. The van der Waals surface area contributed by atoms with E-state index in [-0.39, 0.29) is 5.91 Å². The molecule has 0 atom stereocenters. The quantitative estimate of drug-likeness (QED) is 0.432. The monoisotopic (exact) mass is 446 g/mol. The molecule has 3 aromatic rings. The lowest BCUT2D eigenvalue weighted by molar-refractivity contribution is -0.118. The lowest BCUT2D eigenvalue weighted by atomic mass is 10.1. The van der Waals surface area contributed by atoms with E-state index >= 15 is 0 Å². The number of nitrogens with one attached hydrogen (secondary N) is 1. The van der Waals surface area contributed by atoms with E-state index in [4.69, 9.17) is 16.0 Å². The largest absolute Gasteiger partial charge is 0.441 e. The van der Waals surface area contributed by atoms with Gasteiger partial charge < -0.3 is 9.73 Å². The number of aryl methyl sites for hydroxylation is 1. The Balaban J connectivity index is 1.43. The van der Waals surface area contributed by atoms with Gasteiger partial charge >= 0.3 is 0 Å². The molecule has 0 aliphatic rings. The molecule has 1 aromatic heterocycles. The van der Waals surface area contributed by atoms with E-state index in [1.165, 1.54) is 16.7 Å². The minimum Gasteiger partial charge on any atom is -0.441 e. The van der Waals surface area contributed by atoms with Gasteiger partial charge in [-0.05, 0) is 61.6 Å². The Morgan fingerprint density at radius 2 is 1.86 bits per heavy atom. The molecule has 0 radical (unpaired) electrons. The van der Waals surface area contributed by atoms with E-state index < -0.39 is 0 Å². The summed E-state index contributed by atoms with van der Waals surface area (Å²) >= 11 is 9.12. The molecule has 0 aliphatic heterocycles. The van der Waals surface area contributed by atoms with Crippen LogP contribution in [0.2, 0.25) is 5.02 Å². The minimum atomic E-state index is 0.0259. The summed E-state index contributed by atoms with van der Waals surface area (Å²) in [4.78, 5) is 17.9. The Morgan fingerprint density at radius 1 is 1.14 bits per heavy atom. The Morgan fingerprint density at radius 3 is 2.55 bits per heavy atom. The first-order chi connectivity index (χ1) is 14.0. The van der Waals surface area contributed by atoms with Crippen molar-refractivity contribution < 1.29 is 9.21 Å². The van der Waals surface area contributed by atoms with Gasteiger partial charge in [-0.25, -0.2) is 4.98 Å². The van der Waals surface area contributed by atoms with Crippen molar-refractivity contribution in [3.05, 3.63) is 70.6 Å². The molecule has 2 aromatic carbocycles. The van der Waals surface area contributed by atoms with Crippen LogP contribution in [0.3, 0.4) is 0 Å². The molecule has 1 amide bonds. The van der Waals surface area contributed by atoms with Crippen molar-refractivity contribution >= 4 is 41.0 Å². The maximum Gasteiger partial charge on any atom is 0.230 e. The second-order valence-electron chi connectivity index (χ2n) is 6.47. The third-order valence-electron chi connectivity index (χ3n) is 4.35. The molecule has 0 saturated heterocycles. The van der Waals surface area contributed by atoms with Crippen LogP contribution in [0.1, 0.15) is 17.0 Å². The Kier molecular flexibility index (Phi) is 8.09. The van der Waals surface area contributed by atoms with Gasteiger partial charge in [0.2, 0.25) is 11.8 Å². The average molecular weight is 447 g/mol. The molecule has 1 N–H and O–H groups in total. The molecule has 29 heavy (non-hydrogen) atoms. The fraction of sp³-hybridized carbons (Fsp3) is 0.273. The van der Waals surface area contributed by atoms with Gasteiger partial charge in [0.25, 0.3) is 0 Å². The molecule has 0 bridgehead atoms. The van der Waals surface area contributed by atoms with Crippen LogP contribution in [0.4, 0.5) is 0 Å². The number of hydrogen-bond acceptors (Lipinski definition) is 5. The van der Waals surface area contributed by atoms with Crippen molar-refractivity contribution in [3.63, 3.8) is 0 Å². The number of carbonyl (C=O) groups excluding carboxylic acids is 1. The van der Waals surface area contributed by atoms with Crippen LogP contribution < -0.4 is 5.32 Å². The Labute approximate surface area is 184 Å². The number of halogens is 1. The number of carbonyl (C=O) groups is 1. The van der Waals surface area contributed by atoms with Crippen molar-refractivity contribution in [2.45, 2.75) is 24.0 Å². The second kappa shape index (κ2) is 10.8. The van der Waals surface area contributed by atoms with E-state index in [0.29, 0.717) is 23.9 Å². The molecule has 0 spiro atoms. The number of benzene rings is 2. The van der Waals surface area contributed by atoms with E-state index in [9.17, 15) is 4.79 Å². The van der Waals surface area contributed by atoms with Gasteiger partial charge in [0.05, 0.1) is 11.4 Å². The van der Waals surface area contributed by atoms with Crippen LogP contribution >= 0.6 is 35.1 Å². The van der Waals surface area contributed by atoms with Gasteiger partial charge in [0.1, 0.15) is 5.76 Å². The van der Waals surface area contributed by atoms with Gasteiger partial charge in [-0.15, -0.1) is 23.5 Å². The van der Waals surface area contributed by atoms with E-state index in [2.05, 4.69) is 22.4 Å².